The minimum Gasteiger partial charge on any atom is -0.460 e. The van der Waals surface area contributed by atoms with Gasteiger partial charge in [0.25, 0.3) is 0 Å². The Morgan fingerprint density at radius 3 is 2.33 bits per heavy atom. The summed E-state index contributed by atoms with van der Waals surface area (Å²) >= 11 is 1.65. The third kappa shape index (κ3) is 14.3. The van der Waals surface area contributed by atoms with E-state index in [0.29, 0.717) is 49.6 Å². The molecule has 2 amide bonds. The summed E-state index contributed by atoms with van der Waals surface area (Å²) in [6.45, 7) is 9.44. The Balaban J connectivity index is 1.35. The summed E-state index contributed by atoms with van der Waals surface area (Å²) in [5.74, 6) is -0.574. The molecule has 0 bridgehead atoms. The van der Waals surface area contributed by atoms with Gasteiger partial charge in [-0.05, 0) is 105 Å². The normalized spacial score (nSPS) is 24.9. The molecule has 364 valence electrons. The standard InChI is InChI=1S/C53H77N3O9S/c1-4-6-7-8-9-10-11-12-13-17-30-54-52(60)63-41-26-29-47-45(36-41)50-43(22-15-19-32-58)39(21-14-18-31-57)35-44-46(56-65-49-23-16-20-34-61-49)37-48(53(64-47,51(44)50)62-33-5-2)66-42-27-24-40(25-28-42)55-38(3)59/h5,24-29,35-36,39,43,48-51,57-58H,2,4,6-23,30-34,37H2,1,3H3,(H,54,60)(H,55,59). The van der Waals surface area contributed by atoms with Gasteiger partial charge in [-0.1, -0.05) is 94.9 Å². The van der Waals surface area contributed by atoms with Crippen molar-refractivity contribution >= 4 is 35.2 Å². The highest BCUT2D eigenvalue weighted by molar-refractivity contribution is 8.00. The van der Waals surface area contributed by atoms with Gasteiger partial charge in [-0.2, -0.15) is 0 Å². The van der Waals surface area contributed by atoms with Crippen LogP contribution in [0.1, 0.15) is 154 Å². The first-order chi connectivity index (χ1) is 32.3. The molecule has 2 aliphatic heterocycles. The van der Waals surface area contributed by atoms with E-state index in [0.717, 1.165) is 79.5 Å². The summed E-state index contributed by atoms with van der Waals surface area (Å²) in [6.07, 6.45) is 23.4. The van der Waals surface area contributed by atoms with Gasteiger partial charge >= 0.3 is 6.09 Å². The zero-order chi connectivity index (χ0) is 46.6. The zero-order valence-corrected chi connectivity index (χ0v) is 40.5. The quantitative estimate of drug-likeness (QED) is 0.0368. The lowest BCUT2D eigenvalue weighted by Crippen LogP contribution is -2.64. The first kappa shape index (κ1) is 51.5. The number of rotatable bonds is 28. The number of hydrogen-bond acceptors (Lipinski definition) is 11. The summed E-state index contributed by atoms with van der Waals surface area (Å²) in [6, 6.07) is 13.5. The van der Waals surface area contributed by atoms with Crippen LogP contribution in [0.2, 0.25) is 0 Å². The maximum absolute atomic E-state index is 13.3. The highest BCUT2D eigenvalue weighted by Crippen LogP contribution is 2.63. The van der Waals surface area contributed by atoms with Gasteiger partial charge in [0.05, 0.1) is 30.1 Å². The van der Waals surface area contributed by atoms with Crippen molar-refractivity contribution in [3.8, 4) is 11.5 Å². The summed E-state index contributed by atoms with van der Waals surface area (Å²) < 4.78 is 26.4. The van der Waals surface area contributed by atoms with Crippen molar-refractivity contribution in [3.05, 3.63) is 72.3 Å². The lowest BCUT2D eigenvalue weighted by molar-refractivity contribution is -0.223. The fraction of sp³-hybridized carbons (Fsp3) is 0.642. The average molecular weight is 932 g/mol. The van der Waals surface area contributed by atoms with Crippen molar-refractivity contribution in [2.75, 3.05) is 38.3 Å². The molecule has 12 nitrogen and oxygen atoms in total. The minimum atomic E-state index is -1.20. The predicted molar refractivity (Wildman–Crippen MR) is 262 cm³/mol. The molecule has 4 N–H and O–H groups in total. The number of fused-ring (bicyclic) bond motifs is 2. The van der Waals surface area contributed by atoms with E-state index in [4.69, 9.17) is 28.9 Å². The fourth-order valence-electron chi connectivity index (χ4n) is 10.3. The van der Waals surface area contributed by atoms with Gasteiger partial charge in [-0.15, -0.1) is 18.3 Å². The van der Waals surface area contributed by atoms with Gasteiger partial charge in [-0.25, -0.2) is 4.79 Å². The van der Waals surface area contributed by atoms with E-state index in [1.807, 2.05) is 36.4 Å². The first-order valence-electron chi connectivity index (χ1n) is 25.2. The Bertz CT molecular complexity index is 1890. The first-order valence-corrected chi connectivity index (χ1v) is 26.0. The second-order valence-electron chi connectivity index (χ2n) is 18.5. The van der Waals surface area contributed by atoms with Gasteiger partial charge in [0.2, 0.25) is 18.0 Å². The van der Waals surface area contributed by atoms with Crippen LogP contribution in [-0.4, -0.2) is 78.2 Å². The summed E-state index contributed by atoms with van der Waals surface area (Å²) in [4.78, 5) is 32.4. The van der Waals surface area contributed by atoms with E-state index in [-0.39, 0.29) is 54.6 Å². The molecule has 66 heavy (non-hydrogen) atoms. The number of allylic oxidation sites excluding steroid dienone is 1. The Labute approximate surface area is 398 Å². The van der Waals surface area contributed by atoms with E-state index < -0.39 is 18.2 Å². The fourth-order valence-corrected chi connectivity index (χ4v) is 11.6. The van der Waals surface area contributed by atoms with Crippen LogP contribution >= 0.6 is 11.8 Å². The number of unbranched alkanes of at least 4 members (excludes halogenated alkanes) is 11. The Morgan fingerprint density at radius 1 is 0.924 bits per heavy atom. The van der Waals surface area contributed by atoms with Crippen molar-refractivity contribution in [2.24, 2.45) is 22.9 Å². The number of carbonyl (C=O) groups excluding carboxylic acids is 2. The van der Waals surface area contributed by atoms with Crippen molar-refractivity contribution in [2.45, 2.75) is 170 Å². The second kappa shape index (κ2) is 27.2. The molecular formula is C53H77N3O9S. The maximum atomic E-state index is 13.3. The molecule has 13 heteroatoms. The zero-order valence-electron chi connectivity index (χ0n) is 39.7. The number of aliphatic hydroxyl groups is 2. The van der Waals surface area contributed by atoms with Crippen LogP contribution in [0, 0.1) is 17.8 Å². The van der Waals surface area contributed by atoms with Crippen molar-refractivity contribution in [1.29, 1.82) is 0 Å². The number of thioether (sulfide) groups is 1. The summed E-state index contributed by atoms with van der Waals surface area (Å²) in [5, 5.41) is 30.4. The van der Waals surface area contributed by atoms with Crippen LogP contribution in [0.25, 0.3) is 0 Å². The number of oxime groups is 1. The topological polar surface area (TPSA) is 157 Å². The van der Waals surface area contributed by atoms with Gasteiger partial charge in [-0.3, -0.25) is 4.79 Å². The smallest absolute Gasteiger partial charge is 0.412 e. The molecule has 2 aromatic carbocycles. The third-order valence-electron chi connectivity index (χ3n) is 13.5. The van der Waals surface area contributed by atoms with Crippen LogP contribution in [-0.2, 0) is 19.1 Å². The molecule has 0 aromatic heterocycles. The molecule has 1 saturated carbocycles. The van der Waals surface area contributed by atoms with E-state index in [2.05, 4.69) is 30.2 Å². The maximum Gasteiger partial charge on any atom is 0.412 e. The monoisotopic (exact) mass is 932 g/mol. The Hall–Kier alpha value is -3.88. The number of carbonyl (C=O) groups is 2. The minimum absolute atomic E-state index is 0.0864. The van der Waals surface area contributed by atoms with Crippen LogP contribution < -0.4 is 20.1 Å². The predicted octanol–water partition coefficient (Wildman–Crippen LogP) is 11.6. The Kier molecular flexibility index (Phi) is 21.2. The van der Waals surface area contributed by atoms with E-state index >= 15 is 0 Å². The Morgan fingerprint density at radius 2 is 1.65 bits per heavy atom. The molecule has 6 rings (SSSR count). The van der Waals surface area contributed by atoms with Crippen molar-refractivity contribution in [1.82, 2.24) is 5.32 Å². The molecule has 2 fully saturated rings. The highest BCUT2D eigenvalue weighted by atomic mass is 32.2. The van der Waals surface area contributed by atoms with Crippen molar-refractivity contribution in [3.63, 3.8) is 0 Å². The molecule has 1 saturated heterocycles. The van der Waals surface area contributed by atoms with Crippen LogP contribution in [0.3, 0.4) is 0 Å². The number of benzene rings is 2. The summed E-state index contributed by atoms with van der Waals surface area (Å²) in [5.41, 5.74) is 3.47. The van der Waals surface area contributed by atoms with E-state index in [1.54, 1.807) is 23.9 Å². The van der Waals surface area contributed by atoms with Crippen LogP contribution in [0.5, 0.6) is 11.5 Å². The van der Waals surface area contributed by atoms with Crippen molar-refractivity contribution < 1.29 is 43.6 Å². The van der Waals surface area contributed by atoms with E-state index in [1.165, 1.54) is 58.3 Å². The van der Waals surface area contributed by atoms with Gasteiger partial charge < -0.3 is 44.6 Å². The third-order valence-corrected chi connectivity index (χ3v) is 14.8. The van der Waals surface area contributed by atoms with Gasteiger partial charge in [0.1, 0.15) is 11.5 Å². The molecular weight excluding hydrogens is 855 g/mol. The largest absolute Gasteiger partial charge is 0.460 e. The van der Waals surface area contributed by atoms with E-state index in [9.17, 15) is 19.8 Å². The molecule has 2 aromatic rings. The lowest BCUT2D eigenvalue weighted by atomic mass is 9.56. The average Bonchev–Trinajstić information content (AvgIpc) is 3.32. The molecule has 7 atom stereocenters. The molecule has 0 spiro atoms. The lowest BCUT2D eigenvalue weighted by Gasteiger charge is -2.58. The van der Waals surface area contributed by atoms with Crippen LogP contribution in [0.4, 0.5) is 10.5 Å². The number of hydrogen-bond donors (Lipinski definition) is 4. The molecule has 0 radical (unpaired) electrons. The number of amides is 2. The summed E-state index contributed by atoms with van der Waals surface area (Å²) in [7, 11) is 0. The number of nitrogens with zero attached hydrogens (tertiary/aromatic N) is 1. The molecule has 7 unspecified atom stereocenters. The van der Waals surface area contributed by atoms with Gasteiger partial charge in [0.15, 0.2) is 0 Å². The number of ether oxygens (including phenoxy) is 4. The SMILES string of the molecule is C=CCOC12Oc3ccc(OC(=O)NCCCCCCCCCCCC)cc3C3C(CCCCO)C(CCCCO)C=C(C(=NOC4CCCCO4)CC1Sc1ccc(NC(C)=O)cc1)C32. The molecule has 4 aliphatic rings. The number of anilines is 1. The highest BCUT2D eigenvalue weighted by Gasteiger charge is 2.64. The second-order valence-corrected chi connectivity index (χ2v) is 19.7. The molecule has 2 aliphatic carbocycles. The van der Waals surface area contributed by atoms with Gasteiger partial charge in [0, 0.05) is 61.6 Å². The number of aliphatic hydroxyl groups excluding tert-OH is 2. The number of nitrogens with one attached hydrogen (secondary N) is 2. The van der Waals surface area contributed by atoms with Crippen LogP contribution in [0.15, 0.2) is 76.8 Å². The molecule has 2 heterocycles.